The van der Waals surface area contributed by atoms with E-state index < -0.39 is 0 Å². The van der Waals surface area contributed by atoms with Crippen molar-refractivity contribution in [3.63, 3.8) is 0 Å². The van der Waals surface area contributed by atoms with Gasteiger partial charge in [-0.25, -0.2) is 4.39 Å². The molecule has 0 N–H and O–H groups in total. The molecule has 0 amide bonds. The van der Waals surface area contributed by atoms with E-state index in [1.54, 1.807) is 12.1 Å². The van der Waals surface area contributed by atoms with Crippen LogP contribution in [0.25, 0.3) is 0 Å². The number of piperidine rings is 1. The van der Waals surface area contributed by atoms with Crippen LogP contribution in [0.5, 0.6) is 5.75 Å². The summed E-state index contributed by atoms with van der Waals surface area (Å²) in [5, 5.41) is 0. The lowest BCUT2D eigenvalue weighted by atomic mass is 9.98. The van der Waals surface area contributed by atoms with Crippen molar-refractivity contribution in [1.82, 2.24) is 9.80 Å². The van der Waals surface area contributed by atoms with E-state index in [4.69, 9.17) is 4.74 Å². The number of rotatable bonds is 6. The molecule has 0 radical (unpaired) electrons. The minimum atomic E-state index is -0.267. The average molecular weight is 294 g/mol. The van der Waals surface area contributed by atoms with Gasteiger partial charge in [-0.15, -0.1) is 0 Å². The van der Waals surface area contributed by atoms with Crippen molar-refractivity contribution in [3.05, 3.63) is 29.6 Å². The summed E-state index contributed by atoms with van der Waals surface area (Å²) < 4.78 is 18.8. The second kappa shape index (κ2) is 7.76. The zero-order valence-corrected chi connectivity index (χ0v) is 13.4. The maximum Gasteiger partial charge on any atom is 0.165 e. The lowest BCUT2D eigenvalue weighted by molar-refractivity contribution is 0.124. The zero-order chi connectivity index (χ0) is 15.2. The van der Waals surface area contributed by atoms with Crippen molar-refractivity contribution >= 4 is 0 Å². The molecule has 1 saturated heterocycles. The van der Waals surface area contributed by atoms with Gasteiger partial charge in [-0.2, -0.15) is 0 Å². The number of benzene rings is 1. The van der Waals surface area contributed by atoms with Crippen LogP contribution in [-0.2, 0) is 6.54 Å². The van der Waals surface area contributed by atoms with Crippen LogP contribution in [-0.4, -0.2) is 50.1 Å². The monoisotopic (exact) mass is 294 g/mol. The number of nitrogens with zero attached hydrogens (tertiary/aromatic N) is 2. The van der Waals surface area contributed by atoms with Crippen LogP contribution in [0.2, 0.25) is 0 Å². The highest BCUT2D eigenvalue weighted by atomic mass is 19.1. The van der Waals surface area contributed by atoms with Gasteiger partial charge < -0.3 is 9.64 Å². The minimum absolute atomic E-state index is 0.267. The maximum atomic E-state index is 13.8. The number of hydrogen-bond acceptors (Lipinski definition) is 3. The zero-order valence-electron chi connectivity index (χ0n) is 13.4. The summed E-state index contributed by atoms with van der Waals surface area (Å²) >= 11 is 0. The Morgan fingerprint density at radius 2 is 2.14 bits per heavy atom. The SMILES string of the molecule is COc1ccc(CN2CCCC[C@@H]2CCN(C)C)cc1F. The molecule has 1 aromatic rings. The third-order valence-electron chi connectivity index (χ3n) is 4.26. The predicted octanol–water partition coefficient (Wildman–Crippen LogP) is 3.14. The number of hydrogen-bond donors (Lipinski definition) is 0. The molecule has 0 aliphatic carbocycles. The second-order valence-corrected chi connectivity index (χ2v) is 6.18. The lowest BCUT2D eigenvalue weighted by Crippen LogP contribution is -2.40. The first kappa shape index (κ1) is 16.2. The molecular formula is C17H27FN2O. The first-order chi connectivity index (χ1) is 10.1. The summed E-state index contributed by atoms with van der Waals surface area (Å²) in [6.45, 7) is 3.06. The van der Waals surface area contributed by atoms with Crippen LogP contribution in [0.4, 0.5) is 4.39 Å². The van der Waals surface area contributed by atoms with Crippen molar-refractivity contribution < 1.29 is 9.13 Å². The predicted molar refractivity (Wildman–Crippen MR) is 84.2 cm³/mol. The van der Waals surface area contributed by atoms with Crippen LogP contribution in [0, 0.1) is 5.82 Å². The fraction of sp³-hybridized carbons (Fsp3) is 0.647. The van der Waals surface area contributed by atoms with Crippen LogP contribution in [0.1, 0.15) is 31.2 Å². The molecule has 1 aromatic carbocycles. The Hall–Kier alpha value is -1.13. The van der Waals surface area contributed by atoms with Gasteiger partial charge >= 0.3 is 0 Å². The molecule has 2 rings (SSSR count). The van der Waals surface area contributed by atoms with E-state index in [1.807, 2.05) is 6.07 Å². The third kappa shape index (κ3) is 4.68. The maximum absolute atomic E-state index is 13.8. The van der Waals surface area contributed by atoms with Gasteiger partial charge in [0.2, 0.25) is 0 Å². The first-order valence-corrected chi connectivity index (χ1v) is 7.81. The van der Waals surface area contributed by atoms with Crippen LogP contribution in [0.3, 0.4) is 0 Å². The Morgan fingerprint density at radius 3 is 2.81 bits per heavy atom. The Bertz CT molecular complexity index is 450. The quantitative estimate of drug-likeness (QED) is 0.801. The standard InChI is InChI=1S/C17H27FN2O/c1-19(2)11-9-15-6-4-5-10-20(15)13-14-7-8-17(21-3)16(18)12-14/h7-8,12,15H,4-6,9-11,13H2,1-3H3/t15-/m1/s1. The van der Waals surface area contributed by atoms with Crippen LogP contribution in [0.15, 0.2) is 18.2 Å². The lowest BCUT2D eigenvalue weighted by Gasteiger charge is -2.36. The Kier molecular flexibility index (Phi) is 6.00. The molecule has 118 valence electrons. The second-order valence-electron chi connectivity index (χ2n) is 6.18. The van der Waals surface area contributed by atoms with Gasteiger partial charge in [0.25, 0.3) is 0 Å². The van der Waals surface area contributed by atoms with E-state index in [9.17, 15) is 4.39 Å². The van der Waals surface area contributed by atoms with Gasteiger partial charge in [0, 0.05) is 12.6 Å². The van der Waals surface area contributed by atoms with Crippen molar-refractivity contribution in [1.29, 1.82) is 0 Å². The summed E-state index contributed by atoms with van der Waals surface area (Å²) in [5.41, 5.74) is 1.03. The molecule has 1 aliphatic rings. The Labute approximate surface area is 127 Å². The first-order valence-electron chi connectivity index (χ1n) is 7.81. The van der Waals surface area contributed by atoms with E-state index in [2.05, 4.69) is 23.9 Å². The molecule has 0 bridgehead atoms. The molecule has 0 spiro atoms. The normalized spacial score (nSPS) is 20.0. The molecule has 21 heavy (non-hydrogen) atoms. The van der Waals surface area contributed by atoms with Gasteiger partial charge in [-0.1, -0.05) is 12.5 Å². The Morgan fingerprint density at radius 1 is 1.33 bits per heavy atom. The number of likely N-dealkylation sites (tertiary alicyclic amines) is 1. The van der Waals surface area contributed by atoms with E-state index in [0.717, 1.165) is 25.2 Å². The Balaban J connectivity index is 1.99. The van der Waals surface area contributed by atoms with Gasteiger partial charge in [0.1, 0.15) is 0 Å². The van der Waals surface area contributed by atoms with Crippen molar-refractivity contribution in [2.45, 2.75) is 38.3 Å². The highest BCUT2D eigenvalue weighted by Crippen LogP contribution is 2.24. The summed E-state index contributed by atoms with van der Waals surface area (Å²) in [5.74, 6) is 0.0541. The smallest absolute Gasteiger partial charge is 0.165 e. The fourth-order valence-electron chi connectivity index (χ4n) is 3.05. The summed E-state index contributed by atoms with van der Waals surface area (Å²) in [6, 6.07) is 5.92. The fourth-order valence-corrected chi connectivity index (χ4v) is 3.05. The number of methoxy groups -OCH3 is 1. The van der Waals surface area contributed by atoms with E-state index in [1.165, 1.54) is 32.8 Å². The van der Waals surface area contributed by atoms with Gasteiger partial charge in [0.05, 0.1) is 7.11 Å². The molecular weight excluding hydrogens is 267 g/mol. The van der Waals surface area contributed by atoms with Gasteiger partial charge in [0.15, 0.2) is 11.6 Å². The van der Waals surface area contributed by atoms with E-state index in [-0.39, 0.29) is 5.82 Å². The van der Waals surface area contributed by atoms with E-state index in [0.29, 0.717) is 11.8 Å². The summed E-state index contributed by atoms with van der Waals surface area (Å²) in [6.07, 6.45) is 5.00. The number of ether oxygens (including phenoxy) is 1. The molecule has 3 nitrogen and oxygen atoms in total. The highest BCUT2D eigenvalue weighted by molar-refractivity contribution is 5.29. The topological polar surface area (TPSA) is 15.7 Å². The van der Waals surface area contributed by atoms with Crippen molar-refractivity contribution in [2.24, 2.45) is 0 Å². The molecule has 0 unspecified atom stereocenters. The molecule has 0 aromatic heterocycles. The van der Waals surface area contributed by atoms with Gasteiger partial charge in [-0.3, -0.25) is 4.90 Å². The van der Waals surface area contributed by atoms with Crippen LogP contribution < -0.4 is 4.74 Å². The molecule has 0 saturated carbocycles. The van der Waals surface area contributed by atoms with Gasteiger partial charge in [-0.05, 0) is 64.1 Å². The third-order valence-corrected chi connectivity index (χ3v) is 4.26. The van der Waals surface area contributed by atoms with Crippen LogP contribution >= 0.6 is 0 Å². The number of halogens is 1. The van der Waals surface area contributed by atoms with Crippen molar-refractivity contribution in [2.75, 3.05) is 34.3 Å². The molecule has 1 atom stereocenters. The average Bonchev–Trinajstić information content (AvgIpc) is 2.46. The van der Waals surface area contributed by atoms with E-state index >= 15 is 0 Å². The molecule has 4 heteroatoms. The molecule has 1 aliphatic heterocycles. The minimum Gasteiger partial charge on any atom is -0.494 e. The molecule has 1 fully saturated rings. The summed E-state index contributed by atoms with van der Waals surface area (Å²) in [4.78, 5) is 4.74. The highest BCUT2D eigenvalue weighted by Gasteiger charge is 2.22. The molecule has 1 heterocycles. The largest absolute Gasteiger partial charge is 0.494 e. The summed E-state index contributed by atoms with van der Waals surface area (Å²) in [7, 11) is 5.73. The van der Waals surface area contributed by atoms with Crippen molar-refractivity contribution in [3.8, 4) is 5.75 Å².